The van der Waals surface area contributed by atoms with Crippen molar-refractivity contribution in [3.8, 4) is 0 Å². The van der Waals surface area contributed by atoms with Crippen molar-refractivity contribution >= 4 is 16.0 Å². The summed E-state index contributed by atoms with van der Waals surface area (Å²) in [5.41, 5.74) is 0. The standard InChI is InChI=1S/C15H27NO4S/c1-16(11-12-7-4-3-5-8-12)21(18,19)14-10-6-9-13(14)15(17)20-2/h12-14H,3-11H2,1-2H3. The Morgan fingerprint density at radius 3 is 2.38 bits per heavy atom. The topological polar surface area (TPSA) is 63.7 Å². The van der Waals surface area contributed by atoms with Crippen LogP contribution in [0.1, 0.15) is 51.4 Å². The zero-order valence-corrected chi connectivity index (χ0v) is 13.9. The molecule has 122 valence electrons. The summed E-state index contributed by atoms with van der Waals surface area (Å²) < 4.78 is 31.8. The lowest BCUT2D eigenvalue weighted by molar-refractivity contribution is -0.145. The normalized spacial score (nSPS) is 28.0. The fraction of sp³-hybridized carbons (Fsp3) is 0.933. The highest BCUT2D eigenvalue weighted by atomic mass is 32.2. The number of sulfonamides is 1. The Morgan fingerprint density at radius 1 is 1.10 bits per heavy atom. The summed E-state index contributed by atoms with van der Waals surface area (Å²) in [6, 6.07) is 0. The van der Waals surface area contributed by atoms with Gasteiger partial charge in [-0.2, -0.15) is 0 Å². The van der Waals surface area contributed by atoms with Gasteiger partial charge in [0, 0.05) is 13.6 Å². The van der Waals surface area contributed by atoms with E-state index in [-0.39, 0.29) is 5.97 Å². The van der Waals surface area contributed by atoms with Gasteiger partial charge < -0.3 is 4.74 Å². The largest absolute Gasteiger partial charge is 0.469 e. The van der Waals surface area contributed by atoms with Crippen LogP contribution in [-0.2, 0) is 19.6 Å². The van der Waals surface area contributed by atoms with Gasteiger partial charge in [0.25, 0.3) is 0 Å². The molecule has 5 nitrogen and oxygen atoms in total. The van der Waals surface area contributed by atoms with E-state index in [9.17, 15) is 13.2 Å². The van der Waals surface area contributed by atoms with E-state index >= 15 is 0 Å². The molecule has 0 aromatic rings. The summed E-state index contributed by atoms with van der Waals surface area (Å²) >= 11 is 0. The Morgan fingerprint density at radius 2 is 1.76 bits per heavy atom. The van der Waals surface area contributed by atoms with E-state index in [1.165, 1.54) is 30.7 Å². The summed E-state index contributed by atoms with van der Waals surface area (Å²) in [6.07, 6.45) is 7.86. The minimum absolute atomic E-state index is 0.382. The maximum Gasteiger partial charge on any atom is 0.310 e. The van der Waals surface area contributed by atoms with E-state index in [0.717, 1.165) is 19.3 Å². The number of methoxy groups -OCH3 is 1. The SMILES string of the molecule is COC(=O)C1CCCC1S(=O)(=O)N(C)CC1CCCCC1. The van der Waals surface area contributed by atoms with Crippen LogP contribution in [0.15, 0.2) is 0 Å². The number of carbonyl (C=O) groups excluding carboxylic acids is 1. The minimum atomic E-state index is -3.41. The molecule has 2 unspecified atom stereocenters. The van der Waals surface area contributed by atoms with Crippen molar-refractivity contribution in [1.29, 1.82) is 0 Å². The number of hydrogen-bond donors (Lipinski definition) is 0. The van der Waals surface area contributed by atoms with Gasteiger partial charge in [-0.05, 0) is 31.6 Å². The van der Waals surface area contributed by atoms with Crippen LogP contribution in [0.25, 0.3) is 0 Å². The summed E-state index contributed by atoms with van der Waals surface area (Å²) in [6.45, 7) is 0.590. The van der Waals surface area contributed by atoms with Gasteiger partial charge in [-0.3, -0.25) is 4.79 Å². The van der Waals surface area contributed by atoms with Crippen LogP contribution in [0.3, 0.4) is 0 Å². The number of carbonyl (C=O) groups is 1. The van der Waals surface area contributed by atoms with Gasteiger partial charge in [-0.25, -0.2) is 12.7 Å². The fourth-order valence-electron chi connectivity index (χ4n) is 3.77. The highest BCUT2D eigenvalue weighted by Crippen LogP contribution is 2.34. The van der Waals surface area contributed by atoms with Gasteiger partial charge >= 0.3 is 5.97 Å². The van der Waals surface area contributed by atoms with Gasteiger partial charge in [0.15, 0.2) is 0 Å². The molecule has 2 saturated carbocycles. The molecule has 2 aliphatic rings. The lowest BCUT2D eigenvalue weighted by Crippen LogP contribution is -2.42. The quantitative estimate of drug-likeness (QED) is 0.729. The third-order valence-corrected chi connectivity index (χ3v) is 7.36. The molecule has 0 heterocycles. The molecule has 2 atom stereocenters. The Kier molecular flexibility index (Phi) is 5.66. The average molecular weight is 317 g/mol. The Labute approximate surface area is 128 Å². The van der Waals surface area contributed by atoms with Crippen LogP contribution >= 0.6 is 0 Å². The first-order valence-electron chi connectivity index (χ1n) is 7.99. The molecule has 21 heavy (non-hydrogen) atoms. The molecule has 6 heteroatoms. The molecular weight excluding hydrogens is 290 g/mol. The smallest absolute Gasteiger partial charge is 0.310 e. The van der Waals surface area contributed by atoms with E-state index in [1.807, 2.05) is 0 Å². The van der Waals surface area contributed by atoms with E-state index in [4.69, 9.17) is 4.74 Å². The van der Waals surface area contributed by atoms with E-state index < -0.39 is 21.2 Å². The first-order valence-corrected chi connectivity index (χ1v) is 9.50. The number of hydrogen-bond acceptors (Lipinski definition) is 4. The van der Waals surface area contributed by atoms with Crippen molar-refractivity contribution in [3.63, 3.8) is 0 Å². The average Bonchev–Trinajstić information content (AvgIpc) is 2.97. The minimum Gasteiger partial charge on any atom is -0.469 e. The molecular formula is C15H27NO4S. The van der Waals surface area contributed by atoms with Gasteiger partial charge in [-0.15, -0.1) is 0 Å². The molecule has 0 N–H and O–H groups in total. The van der Waals surface area contributed by atoms with Crippen LogP contribution in [-0.4, -0.2) is 44.6 Å². The molecule has 0 aliphatic heterocycles. The third kappa shape index (κ3) is 3.77. The molecule has 0 radical (unpaired) electrons. The molecule has 0 aromatic carbocycles. The zero-order valence-electron chi connectivity index (χ0n) is 13.1. The van der Waals surface area contributed by atoms with Crippen molar-refractivity contribution in [2.75, 3.05) is 20.7 Å². The van der Waals surface area contributed by atoms with Crippen molar-refractivity contribution in [2.24, 2.45) is 11.8 Å². The summed E-state index contributed by atoms with van der Waals surface area (Å²) in [4.78, 5) is 11.8. The predicted octanol–water partition coefficient (Wildman–Crippen LogP) is 2.17. The van der Waals surface area contributed by atoms with Crippen molar-refractivity contribution in [2.45, 2.75) is 56.6 Å². The second-order valence-electron chi connectivity index (χ2n) is 6.43. The summed E-state index contributed by atoms with van der Waals surface area (Å²) in [5, 5.41) is -0.599. The van der Waals surface area contributed by atoms with E-state index in [2.05, 4.69) is 0 Å². The third-order valence-electron chi connectivity index (χ3n) is 5.01. The lowest BCUT2D eigenvalue weighted by atomic mass is 9.89. The molecule has 2 aliphatic carbocycles. The number of rotatable bonds is 5. The highest BCUT2D eigenvalue weighted by molar-refractivity contribution is 7.89. The van der Waals surface area contributed by atoms with Crippen molar-refractivity contribution in [1.82, 2.24) is 4.31 Å². The number of esters is 1. The van der Waals surface area contributed by atoms with Crippen LogP contribution < -0.4 is 0 Å². The first kappa shape index (κ1) is 16.7. The summed E-state index contributed by atoms with van der Waals surface area (Å²) in [7, 11) is -0.417. The maximum atomic E-state index is 12.8. The molecule has 0 aromatic heterocycles. The molecule has 0 saturated heterocycles. The van der Waals surface area contributed by atoms with Crippen LogP contribution in [0, 0.1) is 11.8 Å². The highest BCUT2D eigenvalue weighted by Gasteiger charge is 2.44. The van der Waals surface area contributed by atoms with Gasteiger partial charge in [0.05, 0.1) is 18.3 Å². The second-order valence-corrected chi connectivity index (χ2v) is 8.69. The van der Waals surface area contributed by atoms with Crippen molar-refractivity contribution < 1.29 is 17.9 Å². The van der Waals surface area contributed by atoms with E-state index in [0.29, 0.717) is 25.3 Å². The molecule has 2 rings (SSSR count). The van der Waals surface area contributed by atoms with Crippen molar-refractivity contribution in [3.05, 3.63) is 0 Å². The summed E-state index contributed by atoms with van der Waals surface area (Å²) in [5.74, 6) is -0.405. The van der Waals surface area contributed by atoms with Crippen LogP contribution in [0.2, 0.25) is 0 Å². The van der Waals surface area contributed by atoms with Gasteiger partial charge in [-0.1, -0.05) is 25.7 Å². The van der Waals surface area contributed by atoms with Gasteiger partial charge in [0.1, 0.15) is 0 Å². The Hall–Kier alpha value is -0.620. The Balaban J connectivity index is 2.03. The molecule has 0 amide bonds. The number of nitrogens with zero attached hydrogens (tertiary/aromatic N) is 1. The Bertz CT molecular complexity index is 456. The first-order chi connectivity index (χ1) is 9.96. The number of ether oxygens (including phenoxy) is 1. The van der Waals surface area contributed by atoms with Crippen LogP contribution in [0.5, 0.6) is 0 Å². The second kappa shape index (κ2) is 7.09. The predicted molar refractivity (Wildman–Crippen MR) is 81.3 cm³/mol. The molecule has 2 fully saturated rings. The fourth-order valence-corrected chi connectivity index (χ4v) is 5.78. The molecule has 0 spiro atoms. The van der Waals surface area contributed by atoms with E-state index in [1.54, 1.807) is 7.05 Å². The lowest BCUT2D eigenvalue weighted by Gasteiger charge is -2.29. The van der Waals surface area contributed by atoms with Gasteiger partial charge in [0.2, 0.25) is 10.0 Å². The van der Waals surface area contributed by atoms with Crippen LogP contribution in [0.4, 0.5) is 0 Å². The zero-order chi connectivity index (χ0) is 15.5. The monoisotopic (exact) mass is 317 g/mol. The molecule has 0 bridgehead atoms. The maximum absolute atomic E-state index is 12.8.